The van der Waals surface area contributed by atoms with Crippen LogP contribution in [0, 0.1) is 0 Å². The molecule has 0 saturated heterocycles. The van der Waals surface area contributed by atoms with Gasteiger partial charge in [0.2, 0.25) is 0 Å². The maximum atomic E-state index is 10.6. The molecule has 78 valence electrons. The average molecular weight is 317 g/mol. The number of carbonyl (C=O) groups is 1. The fourth-order valence-corrected chi connectivity index (χ4v) is 1.70. The molecule has 0 aliphatic heterocycles. The second kappa shape index (κ2) is 4.13. The summed E-state index contributed by atoms with van der Waals surface area (Å²) >= 11 is 2.33. The van der Waals surface area contributed by atoms with E-state index >= 15 is 0 Å². The number of carboxylic acids is 1. The van der Waals surface area contributed by atoms with E-state index in [-0.39, 0.29) is 5.82 Å². The average Bonchev–Trinajstić information content (AvgIpc) is 2.68. The summed E-state index contributed by atoms with van der Waals surface area (Å²) in [5, 5.41) is 12.5. The molecule has 0 radical (unpaired) electrons. The van der Waals surface area contributed by atoms with E-state index in [0.717, 1.165) is 12.1 Å². The van der Waals surface area contributed by atoms with Gasteiger partial charge in [0.15, 0.2) is 0 Å². The Morgan fingerprint density at radius 2 is 2.47 bits per heavy atom. The van der Waals surface area contributed by atoms with Crippen LogP contribution < -0.4 is 0 Å². The van der Waals surface area contributed by atoms with Crippen molar-refractivity contribution in [3.05, 3.63) is 30.4 Å². The van der Waals surface area contributed by atoms with Gasteiger partial charge < -0.3 is 5.11 Å². The molecule has 5 nitrogen and oxygen atoms in total. The van der Waals surface area contributed by atoms with Crippen LogP contribution in [0.25, 0.3) is 5.70 Å². The standard InChI is InChI=1S/C9H8IN3O2/c10-6-1-3-7(4-2-6)13-5-11-8(12-13)9(14)15/h1,3-6H,2H2,(H,14,15). The topological polar surface area (TPSA) is 68.0 Å². The first-order valence-corrected chi connectivity index (χ1v) is 5.59. The molecule has 1 N–H and O–H groups in total. The molecular formula is C9H8IN3O2. The van der Waals surface area contributed by atoms with Crippen LogP contribution in [-0.2, 0) is 0 Å². The summed E-state index contributed by atoms with van der Waals surface area (Å²) in [6, 6.07) is 0. The molecule has 0 aromatic carbocycles. The fraction of sp³-hybridized carbons (Fsp3) is 0.222. The van der Waals surface area contributed by atoms with Crippen molar-refractivity contribution in [2.75, 3.05) is 0 Å². The predicted molar refractivity (Wildman–Crippen MR) is 62.8 cm³/mol. The van der Waals surface area contributed by atoms with E-state index in [0.29, 0.717) is 3.92 Å². The first-order valence-electron chi connectivity index (χ1n) is 4.34. The third-order valence-electron chi connectivity index (χ3n) is 1.98. The minimum atomic E-state index is -1.11. The lowest BCUT2D eigenvalue weighted by molar-refractivity contribution is 0.0683. The second-order valence-electron chi connectivity index (χ2n) is 3.06. The number of allylic oxidation sites excluding steroid dienone is 4. The van der Waals surface area contributed by atoms with Gasteiger partial charge in [0, 0.05) is 3.92 Å². The summed E-state index contributed by atoms with van der Waals surface area (Å²) in [6.07, 6.45) is 8.32. The van der Waals surface area contributed by atoms with Crippen LogP contribution in [0.2, 0.25) is 0 Å². The van der Waals surface area contributed by atoms with Gasteiger partial charge in [0.1, 0.15) is 6.33 Å². The molecule has 6 heteroatoms. The van der Waals surface area contributed by atoms with E-state index in [9.17, 15) is 4.79 Å². The van der Waals surface area contributed by atoms with Crippen LogP contribution in [0.4, 0.5) is 0 Å². The quantitative estimate of drug-likeness (QED) is 0.664. The molecule has 0 saturated carbocycles. The maximum Gasteiger partial charge on any atom is 0.375 e. The highest BCUT2D eigenvalue weighted by Crippen LogP contribution is 2.19. The number of hydrogen-bond donors (Lipinski definition) is 1. The third-order valence-corrected chi connectivity index (χ3v) is 2.90. The van der Waals surface area contributed by atoms with Crippen molar-refractivity contribution < 1.29 is 9.90 Å². The third kappa shape index (κ3) is 2.25. The van der Waals surface area contributed by atoms with E-state index < -0.39 is 5.97 Å². The molecule has 0 fully saturated rings. The Morgan fingerprint density at radius 1 is 1.67 bits per heavy atom. The van der Waals surface area contributed by atoms with Crippen molar-refractivity contribution in [2.45, 2.75) is 10.3 Å². The number of rotatable bonds is 2. The summed E-state index contributed by atoms with van der Waals surface area (Å²) in [4.78, 5) is 14.3. The van der Waals surface area contributed by atoms with E-state index in [2.05, 4.69) is 38.7 Å². The first kappa shape index (κ1) is 10.3. The van der Waals surface area contributed by atoms with Gasteiger partial charge in [-0.15, -0.1) is 5.10 Å². The van der Waals surface area contributed by atoms with Gasteiger partial charge in [-0.05, 0) is 12.5 Å². The van der Waals surface area contributed by atoms with Gasteiger partial charge in [0.05, 0.1) is 5.70 Å². The van der Waals surface area contributed by atoms with Crippen LogP contribution in [0.3, 0.4) is 0 Å². The number of halogens is 1. The van der Waals surface area contributed by atoms with Gasteiger partial charge in [-0.25, -0.2) is 14.5 Å². The van der Waals surface area contributed by atoms with Gasteiger partial charge in [-0.1, -0.05) is 34.7 Å². The number of alkyl halides is 1. The molecule has 1 aliphatic rings. The summed E-state index contributed by atoms with van der Waals surface area (Å²) in [7, 11) is 0. The lowest BCUT2D eigenvalue weighted by Gasteiger charge is -2.09. The SMILES string of the molecule is O=C(O)c1ncn(C2=CCC(I)C=C2)n1. The summed E-state index contributed by atoms with van der Waals surface area (Å²) in [5.41, 5.74) is 0.864. The highest BCUT2D eigenvalue weighted by molar-refractivity contribution is 14.1. The largest absolute Gasteiger partial charge is 0.475 e. The molecule has 1 atom stereocenters. The van der Waals surface area contributed by atoms with Crippen molar-refractivity contribution in [2.24, 2.45) is 0 Å². The minimum absolute atomic E-state index is 0.180. The molecule has 0 amide bonds. The molecule has 0 spiro atoms. The number of aromatic nitrogens is 3. The van der Waals surface area contributed by atoms with E-state index in [1.165, 1.54) is 11.0 Å². The van der Waals surface area contributed by atoms with Gasteiger partial charge >= 0.3 is 5.97 Å². The molecule has 1 aliphatic carbocycles. The van der Waals surface area contributed by atoms with Gasteiger partial charge in [0.25, 0.3) is 5.82 Å². The summed E-state index contributed by atoms with van der Waals surface area (Å²) in [5.74, 6) is -1.29. The Kier molecular flexibility index (Phi) is 2.85. The second-order valence-corrected chi connectivity index (χ2v) is 4.66. The highest BCUT2D eigenvalue weighted by atomic mass is 127. The number of nitrogens with zero attached hydrogens (tertiary/aromatic N) is 3. The molecule has 1 aromatic rings. The zero-order chi connectivity index (χ0) is 10.8. The zero-order valence-corrected chi connectivity index (χ0v) is 9.83. The van der Waals surface area contributed by atoms with Crippen molar-refractivity contribution in [1.82, 2.24) is 14.8 Å². The first-order chi connectivity index (χ1) is 7.16. The Hall–Kier alpha value is -1.18. The highest BCUT2D eigenvalue weighted by Gasteiger charge is 2.11. The van der Waals surface area contributed by atoms with Crippen LogP contribution >= 0.6 is 22.6 Å². The molecule has 1 aromatic heterocycles. The maximum absolute atomic E-state index is 10.6. The Morgan fingerprint density at radius 3 is 3.00 bits per heavy atom. The predicted octanol–water partition coefficient (Wildman–Crippen LogP) is 1.58. The molecule has 15 heavy (non-hydrogen) atoms. The Bertz CT molecular complexity index is 450. The fourth-order valence-electron chi connectivity index (χ4n) is 1.24. The van der Waals surface area contributed by atoms with E-state index in [1.807, 2.05) is 12.2 Å². The monoisotopic (exact) mass is 317 g/mol. The molecule has 1 unspecified atom stereocenters. The smallest absolute Gasteiger partial charge is 0.375 e. The summed E-state index contributed by atoms with van der Waals surface area (Å²) < 4.78 is 1.97. The number of hydrogen-bond acceptors (Lipinski definition) is 3. The Labute approximate surface area is 99.6 Å². The lowest BCUT2D eigenvalue weighted by atomic mass is 10.1. The van der Waals surface area contributed by atoms with Crippen LogP contribution in [-0.4, -0.2) is 29.8 Å². The molecule has 2 rings (SSSR count). The normalized spacial score (nSPS) is 20.1. The van der Waals surface area contributed by atoms with Gasteiger partial charge in [-0.2, -0.15) is 0 Å². The molecule has 0 bridgehead atoms. The van der Waals surface area contributed by atoms with Crippen molar-refractivity contribution in [3.8, 4) is 0 Å². The van der Waals surface area contributed by atoms with E-state index in [4.69, 9.17) is 5.11 Å². The van der Waals surface area contributed by atoms with Crippen LogP contribution in [0.15, 0.2) is 24.6 Å². The number of carboxylic acid groups (broad SMARTS) is 1. The van der Waals surface area contributed by atoms with Crippen molar-refractivity contribution >= 4 is 34.3 Å². The lowest BCUT2D eigenvalue weighted by Crippen LogP contribution is -2.05. The minimum Gasteiger partial charge on any atom is -0.475 e. The zero-order valence-electron chi connectivity index (χ0n) is 7.67. The molecular weight excluding hydrogens is 309 g/mol. The van der Waals surface area contributed by atoms with Gasteiger partial charge in [-0.3, -0.25) is 0 Å². The number of aromatic carboxylic acids is 1. The van der Waals surface area contributed by atoms with Crippen molar-refractivity contribution in [3.63, 3.8) is 0 Å². The van der Waals surface area contributed by atoms with Crippen molar-refractivity contribution in [1.29, 1.82) is 0 Å². The molecule has 1 heterocycles. The van der Waals surface area contributed by atoms with E-state index in [1.54, 1.807) is 0 Å². The Balaban J connectivity index is 2.24. The van der Waals surface area contributed by atoms with Crippen LogP contribution in [0.1, 0.15) is 17.0 Å². The van der Waals surface area contributed by atoms with Crippen LogP contribution in [0.5, 0.6) is 0 Å². The summed E-state index contributed by atoms with van der Waals surface area (Å²) in [6.45, 7) is 0.